The third-order valence-electron chi connectivity index (χ3n) is 3.36. The van der Waals surface area contributed by atoms with Crippen molar-refractivity contribution in [2.24, 2.45) is 0 Å². The normalized spacial score (nSPS) is 17.5. The summed E-state index contributed by atoms with van der Waals surface area (Å²) in [5, 5.41) is 0. The van der Waals surface area contributed by atoms with Gasteiger partial charge in [0.1, 0.15) is 0 Å². The fourth-order valence-corrected chi connectivity index (χ4v) is 2.39. The van der Waals surface area contributed by atoms with Crippen molar-refractivity contribution in [3.05, 3.63) is 41.5 Å². The van der Waals surface area contributed by atoms with Crippen LogP contribution >= 0.6 is 0 Å². The van der Waals surface area contributed by atoms with E-state index in [1.165, 1.54) is 29.8 Å². The fraction of sp³-hybridized carbons (Fsp3) is 0.467. The topological polar surface area (TPSA) is 6.48 Å². The van der Waals surface area contributed by atoms with Gasteiger partial charge >= 0.3 is 0 Å². The van der Waals surface area contributed by atoms with Gasteiger partial charge in [0.15, 0.2) is 0 Å². The third kappa shape index (κ3) is 3.18. The van der Waals surface area contributed by atoms with E-state index in [0.717, 1.165) is 19.6 Å². The van der Waals surface area contributed by atoms with Gasteiger partial charge in [-0.25, -0.2) is 0 Å². The molecule has 0 aliphatic carbocycles. The average molecular weight is 230 g/mol. The van der Waals surface area contributed by atoms with Gasteiger partial charge in [-0.1, -0.05) is 37.8 Å². The van der Waals surface area contributed by atoms with E-state index in [2.05, 4.69) is 48.5 Å². The zero-order chi connectivity index (χ0) is 12.3. The standard InChI is InChI=1S/C15H22N2/c1-4-13-8-14(5-2)10-15(9-13)11-17-7-6-16(3)12-17/h4,8-10H,1,5-7,11-12H2,2-3H3. The van der Waals surface area contributed by atoms with Crippen molar-refractivity contribution in [2.45, 2.75) is 19.9 Å². The highest BCUT2D eigenvalue weighted by molar-refractivity contribution is 5.50. The Balaban J connectivity index is 2.11. The van der Waals surface area contributed by atoms with Crippen molar-refractivity contribution >= 4 is 6.08 Å². The van der Waals surface area contributed by atoms with Crippen LogP contribution < -0.4 is 0 Å². The minimum Gasteiger partial charge on any atom is -0.292 e. The Bertz CT molecular complexity index is 398. The van der Waals surface area contributed by atoms with Crippen LogP contribution in [0.15, 0.2) is 24.8 Å². The summed E-state index contributed by atoms with van der Waals surface area (Å²) in [6, 6.07) is 6.81. The Morgan fingerprint density at radius 2 is 2.00 bits per heavy atom. The minimum atomic E-state index is 1.05. The summed E-state index contributed by atoms with van der Waals surface area (Å²) >= 11 is 0. The van der Waals surface area contributed by atoms with Crippen molar-refractivity contribution in [3.63, 3.8) is 0 Å². The summed E-state index contributed by atoms with van der Waals surface area (Å²) in [5.74, 6) is 0. The minimum absolute atomic E-state index is 1.05. The number of benzene rings is 1. The lowest BCUT2D eigenvalue weighted by atomic mass is 10.0. The molecule has 0 amide bonds. The highest BCUT2D eigenvalue weighted by atomic mass is 15.4. The van der Waals surface area contributed by atoms with Crippen LogP contribution in [0.2, 0.25) is 0 Å². The van der Waals surface area contributed by atoms with E-state index in [0.29, 0.717) is 0 Å². The van der Waals surface area contributed by atoms with Gasteiger partial charge in [0.2, 0.25) is 0 Å². The summed E-state index contributed by atoms with van der Waals surface area (Å²) in [7, 11) is 2.18. The Hall–Kier alpha value is -1.12. The molecule has 0 saturated carbocycles. The lowest BCUT2D eigenvalue weighted by Crippen LogP contribution is -2.22. The molecule has 1 aromatic rings. The Labute approximate surface area is 105 Å². The second-order valence-electron chi connectivity index (χ2n) is 4.91. The largest absolute Gasteiger partial charge is 0.292 e. The van der Waals surface area contributed by atoms with Crippen molar-refractivity contribution in [3.8, 4) is 0 Å². The van der Waals surface area contributed by atoms with Crippen LogP contribution in [0.3, 0.4) is 0 Å². The van der Waals surface area contributed by atoms with Crippen LogP contribution in [0.1, 0.15) is 23.6 Å². The van der Waals surface area contributed by atoms with Crippen molar-refractivity contribution in [1.29, 1.82) is 0 Å². The SMILES string of the molecule is C=Cc1cc(CC)cc(CN2CCN(C)C2)c1. The maximum atomic E-state index is 3.87. The molecular weight excluding hydrogens is 208 g/mol. The zero-order valence-electron chi connectivity index (χ0n) is 10.9. The molecule has 0 unspecified atom stereocenters. The summed E-state index contributed by atoms with van der Waals surface area (Å²) in [5.41, 5.74) is 4.06. The molecule has 1 heterocycles. The van der Waals surface area contributed by atoms with Gasteiger partial charge in [0, 0.05) is 19.6 Å². The lowest BCUT2D eigenvalue weighted by molar-refractivity contribution is 0.268. The van der Waals surface area contributed by atoms with Crippen LogP contribution in [-0.2, 0) is 13.0 Å². The molecule has 2 heteroatoms. The maximum absolute atomic E-state index is 3.87. The van der Waals surface area contributed by atoms with E-state index < -0.39 is 0 Å². The summed E-state index contributed by atoms with van der Waals surface area (Å²) in [6.07, 6.45) is 3.04. The van der Waals surface area contributed by atoms with Gasteiger partial charge in [0.05, 0.1) is 6.67 Å². The van der Waals surface area contributed by atoms with Crippen molar-refractivity contribution in [1.82, 2.24) is 9.80 Å². The number of hydrogen-bond acceptors (Lipinski definition) is 2. The smallest absolute Gasteiger partial charge is 0.0507 e. The number of nitrogens with zero attached hydrogens (tertiary/aromatic N) is 2. The molecule has 1 fully saturated rings. The first-order chi connectivity index (χ1) is 8.21. The second-order valence-corrected chi connectivity index (χ2v) is 4.91. The Kier molecular flexibility index (Phi) is 3.97. The molecule has 0 bridgehead atoms. The molecule has 0 atom stereocenters. The van der Waals surface area contributed by atoms with Gasteiger partial charge in [-0.05, 0) is 30.2 Å². The average Bonchev–Trinajstić information content (AvgIpc) is 2.74. The van der Waals surface area contributed by atoms with Gasteiger partial charge in [-0.3, -0.25) is 9.80 Å². The third-order valence-corrected chi connectivity index (χ3v) is 3.36. The quantitative estimate of drug-likeness (QED) is 0.784. The molecule has 92 valence electrons. The molecular formula is C15H22N2. The molecule has 1 aliphatic rings. The fourth-order valence-electron chi connectivity index (χ4n) is 2.39. The molecule has 2 rings (SSSR count). The van der Waals surface area contributed by atoms with Gasteiger partial charge in [-0.2, -0.15) is 0 Å². The summed E-state index contributed by atoms with van der Waals surface area (Å²) in [6.45, 7) is 10.6. The van der Waals surface area contributed by atoms with E-state index in [1.54, 1.807) is 0 Å². The number of aryl methyl sites for hydroxylation is 1. The molecule has 17 heavy (non-hydrogen) atoms. The first-order valence-electron chi connectivity index (χ1n) is 6.37. The molecule has 1 aromatic carbocycles. The molecule has 0 N–H and O–H groups in total. The van der Waals surface area contributed by atoms with E-state index in [4.69, 9.17) is 0 Å². The molecule has 2 nitrogen and oxygen atoms in total. The first-order valence-corrected chi connectivity index (χ1v) is 6.37. The number of rotatable bonds is 4. The Morgan fingerprint density at radius 1 is 1.24 bits per heavy atom. The van der Waals surface area contributed by atoms with Crippen molar-refractivity contribution < 1.29 is 0 Å². The van der Waals surface area contributed by atoms with Crippen LogP contribution in [0.4, 0.5) is 0 Å². The molecule has 0 spiro atoms. The zero-order valence-corrected chi connectivity index (χ0v) is 10.9. The maximum Gasteiger partial charge on any atom is 0.0507 e. The van der Waals surface area contributed by atoms with Crippen LogP contribution in [0.5, 0.6) is 0 Å². The monoisotopic (exact) mass is 230 g/mol. The Morgan fingerprint density at radius 3 is 2.59 bits per heavy atom. The molecule has 0 aromatic heterocycles. The highest BCUT2D eigenvalue weighted by Gasteiger charge is 2.16. The van der Waals surface area contributed by atoms with Crippen LogP contribution in [-0.4, -0.2) is 36.6 Å². The van der Waals surface area contributed by atoms with E-state index in [1.807, 2.05) is 6.08 Å². The first kappa shape index (κ1) is 12.3. The number of hydrogen-bond donors (Lipinski definition) is 0. The van der Waals surface area contributed by atoms with Crippen LogP contribution in [0, 0.1) is 0 Å². The van der Waals surface area contributed by atoms with Crippen molar-refractivity contribution in [2.75, 3.05) is 26.8 Å². The summed E-state index contributed by atoms with van der Waals surface area (Å²) < 4.78 is 0. The second kappa shape index (κ2) is 5.48. The lowest BCUT2D eigenvalue weighted by Gasteiger charge is -2.16. The molecule has 1 aliphatic heterocycles. The van der Waals surface area contributed by atoms with Gasteiger partial charge in [0.25, 0.3) is 0 Å². The predicted molar refractivity (Wildman–Crippen MR) is 73.8 cm³/mol. The van der Waals surface area contributed by atoms with E-state index >= 15 is 0 Å². The van der Waals surface area contributed by atoms with Gasteiger partial charge < -0.3 is 0 Å². The van der Waals surface area contributed by atoms with E-state index in [9.17, 15) is 0 Å². The van der Waals surface area contributed by atoms with E-state index in [-0.39, 0.29) is 0 Å². The molecule has 1 saturated heterocycles. The number of likely N-dealkylation sites (N-methyl/N-ethyl adjacent to an activating group) is 1. The van der Waals surface area contributed by atoms with Gasteiger partial charge in [-0.15, -0.1) is 0 Å². The predicted octanol–water partition coefficient (Wildman–Crippen LogP) is 2.60. The summed E-state index contributed by atoms with van der Waals surface area (Å²) in [4.78, 5) is 4.85. The molecule has 0 radical (unpaired) electrons. The van der Waals surface area contributed by atoms with Crippen LogP contribution in [0.25, 0.3) is 6.08 Å². The highest BCUT2D eigenvalue weighted by Crippen LogP contribution is 2.15.